The molecule has 1 saturated heterocycles. The number of aromatic amines is 1. The molecule has 0 atom stereocenters. The summed E-state index contributed by atoms with van der Waals surface area (Å²) in [5.41, 5.74) is 5.17. The molecule has 4 heteroatoms. The van der Waals surface area contributed by atoms with Crippen LogP contribution in [-0.2, 0) is 13.1 Å². The van der Waals surface area contributed by atoms with Crippen molar-refractivity contribution in [3.05, 3.63) is 77.6 Å². The Hall–Kier alpha value is -2.43. The van der Waals surface area contributed by atoms with Gasteiger partial charge in [0, 0.05) is 56.7 Å². The predicted octanol–water partition coefficient (Wildman–Crippen LogP) is 3.70. The quantitative estimate of drug-likeness (QED) is 0.765. The lowest BCUT2D eigenvalue weighted by molar-refractivity contribution is 0.121. The van der Waals surface area contributed by atoms with Crippen LogP contribution in [0.2, 0.25) is 0 Å². The van der Waals surface area contributed by atoms with Crippen LogP contribution < -0.4 is 0 Å². The van der Waals surface area contributed by atoms with Gasteiger partial charge in [-0.15, -0.1) is 0 Å². The fraction of sp³-hybridized carbons (Fsp3) is 0.318. The molecule has 0 bridgehead atoms. The average molecular weight is 346 g/mol. The number of imidazole rings is 1. The molecule has 0 radical (unpaired) electrons. The Bertz CT molecular complexity index is 832. The van der Waals surface area contributed by atoms with Crippen LogP contribution in [-0.4, -0.2) is 45.9 Å². The molecule has 4 nitrogen and oxygen atoms in total. The average Bonchev–Trinajstić information content (AvgIpc) is 3.14. The fourth-order valence-electron chi connectivity index (χ4n) is 3.56. The summed E-state index contributed by atoms with van der Waals surface area (Å²) in [4.78, 5) is 13.1. The molecule has 2 heterocycles. The van der Waals surface area contributed by atoms with Gasteiger partial charge in [-0.3, -0.25) is 9.80 Å². The van der Waals surface area contributed by atoms with Crippen molar-refractivity contribution in [1.82, 2.24) is 19.8 Å². The smallest absolute Gasteiger partial charge is 0.137 e. The largest absolute Gasteiger partial charge is 0.341 e. The van der Waals surface area contributed by atoms with Crippen LogP contribution in [0.5, 0.6) is 0 Å². The lowest BCUT2D eigenvalue weighted by Gasteiger charge is -2.34. The van der Waals surface area contributed by atoms with Gasteiger partial charge in [-0.2, -0.15) is 0 Å². The maximum Gasteiger partial charge on any atom is 0.137 e. The van der Waals surface area contributed by atoms with Crippen molar-refractivity contribution in [2.24, 2.45) is 0 Å². The Balaban J connectivity index is 1.30. The standard InChI is InChI=1S/C22H26N4/c1-18-7-5-6-10-20(18)16-25-11-13-26(14-12-25)17-21-15-23-22(24-21)19-8-3-2-4-9-19/h2-10,15H,11-14,16-17H2,1H3,(H,23,24). The van der Waals surface area contributed by atoms with Crippen molar-refractivity contribution in [2.75, 3.05) is 26.2 Å². The van der Waals surface area contributed by atoms with Crippen LogP contribution in [0.25, 0.3) is 11.4 Å². The number of rotatable bonds is 5. The molecular formula is C22H26N4. The highest BCUT2D eigenvalue weighted by atomic mass is 15.3. The van der Waals surface area contributed by atoms with Gasteiger partial charge in [-0.05, 0) is 18.1 Å². The summed E-state index contributed by atoms with van der Waals surface area (Å²) in [5.74, 6) is 0.957. The number of aryl methyl sites for hydroxylation is 1. The van der Waals surface area contributed by atoms with Crippen molar-refractivity contribution in [3.8, 4) is 11.4 Å². The third-order valence-corrected chi connectivity index (χ3v) is 5.19. The van der Waals surface area contributed by atoms with E-state index >= 15 is 0 Å². The second-order valence-corrected chi connectivity index (χ2v) is 7.10. The van der Waals surface area contributed by atoms with Gasteiger partial charge in [0.1, 0.15) is 5.82 Å². The Morgan fingerprint density at radius 1 is 0.846 bits per heavy atom. The van der Waals surface area contributed by atoms with E-state index in [9.17, 15) is 0 Å². The highest BCUT2D eigenvalue weighted by Gasteiger charge is 2.18. The Kier molecular flexibility index (Phi) is 5.14. The first-order chi connectivity index (χ1) is 12.8. The maximum absolute atomic E-state index is 4.54. The summed E-state index contributed by atoms with van der Waals surface area (Å²) in [5, 5.41) is 0. The molecule has 0 saturated carbocycles. The second-order valence-electron chi connectivity index (χ2n) is 7.10. The summed E-state index contributed by atoms with van der Waals surface area (Å²) in [6.07, 6.45) is 1.97. The van der Waals surface area contributed by atoms with Crippen LogP contribution in [0.3, 0.4) is 0 Å². The third-order valence-electron chi connectivity index (χ3n) is 5.19. The van der Waals surface area contributed by atoms with E-state index in [0.717, 1.165) is 50.7 Å². The normalized spacial score (nSPS) is 16.0. The molecule has 26 heavy (non-hydrogen) atoms. The molecular weight excluding hydrogens is 320 g/mol. The van der Waals surface area contributed by atoms with Gasteiger partial charge in [-0.25, -0.2) is 4.98 Å². The molecule has 2 aromatic carbocycles. The predicted molar refractivity (Wildman–Crippen MR) is 106 cm³/mol. The number of nitrogens with one attached hydrogen (secondary N) is 1. The molecule has 0 unspecified atom stereocenters. The summed E-state index contributed by atoms with van der Waals surface area (Å²) < 4.78 is 0. The second kappa shape index (κ2) is 7.85. The van der Waals surface area contributed by atoms with E-state index < -0.39 is 0 Å². The zero-order chi connectivity index (χ0) is 17.8. The summed E-state index contributed by atoms with van der Waals surface area (Å²) in [7, 11) is 0. The van der Waals surface area contributed by atoms with Crippen molar-refractivity contribution < 1.29 is 0 Å². The number of H-pyrrole nitrogens is 1. The van der Waals surface area contributed by atoms with Crippen LogP contribution in [0.1, 0.15) is 16.8 Å². The van der Waals surface area contributed by atoms with E-state index in [-0.39, 0.29) is 0 Å². The zero-order valence-corrected chi connectivity index (χ0v) is 15.4. The molecule has 0 spiro atoms. The number of hydrogen-bond acceptors (Lipinski definition) is 3. The molecule has 4 rings (SSSR count). The van der Waals surface area contributed by atoms with E-state index in [1.165, 1.54) is 16.8 Å². The van der Waals surface area contributed by atoms with E-state index in [1.54, 1.807) is 0 Å². The van der Waals surface area contributed by atoms with Crippen molar-refractivity contribution in [3.63, 3.8) is 0 Å². The molecule has 1 fully saturated rings. The van der Waals surface area contributed by atoms with E-state index in [0.29, 0.717) is 0 Å². The highest BCUT2D eigenvalue weighted by molar-refractivity contribution is 5.54. The number of aromatic nitrogens is 2. The Labute approximate surface area is 155 Å². The molecule has 0 amide bonds. The highest BCUT2D eigenvalue weighted by Crippen LogP contribution is 2.17. The van der Waals surface area contributed by atoms with Crippen LogP contribution >= 0.6 is 0 Å². The Morgan fingerprint density at radius 2 is 1.50 bits per heavy atom. The minimum Gasteiger partial charge on any atom is -0.341 e. The summed E-state index contributed by atoms with van der Waals surface area (Å²) in [6, 6.07) is 19.0. The minimum absolute atomic E-state index is 0.942. The first-order valence-electron chi connectivity index (χ1n) is 9.36. The summed E-state index contributed by atoms with van der Waals surface area (Å²) in [6.45, 7) is 8.65. The van der Waals surface area contributed by atoms with Crippen molar-refractivity contribution >= 4 is 0 Å². The van der Waals surface area contributed by atoms with Gasteiger partial charge in [0.25, 0.3) is 0 Å². The van der Waals surface area contributed by atoms with Gasteiger partial charge in [0.05, 0.1) is 0 Å². The molecule has 1 aliphatic rings. The number of nitrogens with zero attached hydrogens (tertiary/aromatic N) is 3. The molecule has 1 N–H and O–H groups in total. The molecule has 1 aromatic heterocycles. The lowest BCUT2D eigenvalue weighted by atomic mass is 10.1. The minimum atomic E-state index is 0.942. The van der Waals surface area contributed by atoms with Gasteiger partial charge < -0.3 is 4.98 Å². The number of hydrogen-bond donors (Lipinski definition) is 1. The first kappa shape index (κ1) is 17.0. The van der Waals surface area contributed by atoms with Crippen molar-refractivity contribution in [1.29, 1.82) is 0 Å². The van der Waals surface area contributed by atoms with Crippen LogP contribution in [0.4, 0.5) is 0 Å². The fourth-order valence-corrected chi connectivity index (χ4v) is 3.56. The molecule has 134 valence electrons. The number of benzene rings is 2. The number of piperazine rings is 1. The van der Waals surface area contributed by atoms with Crippen LogP contribution in [0.15, 0.2) is 60.8 Å². The van der Waals surface area contributed by atoms with Crippen LogP contribution in [0, 0.1) is 6.92 Å². The van der Waals surface area contributed by atoms with Gasteiger partial charge in [0.2, 0.25) is 0 Å². The molecule has 0 aliphatic carbocycles. The zero-order valence-electron chi connectivity index (χ0n) is 15.4. The third kappa shape index (κ3) is 4.03. The van der Waals surface area contributed by atoms with E-state index in [2.05, 4.69) is 63.1 Å². The van der Waals surface area contributed by atoms with Gasteiger partial charge >= 0.3 is 0 Å². The summed E-state index contributed by atoms with van der Waals surface area (Å²) >= 11 is 0. The van der Waals surface area contributed by atoms with Crippen molar-refractivity contribution in [2.45, 2.75) is 20.0 Å². The lowest BCUT2D eigenvalue weighted by Crippen LogP contribution is -2.45. The van der Waals surface area contributed by atoms with Gasteiger partial charge in [-0.1, -0.05) is 54.6 Å². The monoisotopic (exact) mass is 346 g/mol. The maximum atomic E-state index is 4.54. The SMILES string of the molecule is Cc1ccccc1CN1CCN(Cc2cnc(-c3ccccc3)[nH]2)CC1. The molecule has 3 aromatic rings. The topological polar surface area (TPSA) is 35.2 Å². The Morgan fingerprint density at radius 3 is 2.23 bits per heavy atom. The first-order valence-corrected chi connectivity index (χ1v) is 9.36. The van der Waals surface area contributed by atoms with Gasteiger partial charge in [0.15, 0.2) is 0 Å². The van der Waals surface area contributed by atoms with E-state index in [4.69, 9.17) is 0 Å². The molecule has 1 aliphatic heterocycles. The van der Waals surface area contributed by atoms with E-state index in [1.807, 2.05) is 24.4 Å².